The molecule has 0 aliphatic carbocycles. The Balaban J connectivity index is 1.84. The molecule has 1 amide bonds. The predicted molar refractivity (Wildman–Crippen MR) is 122 cm³/mol. The minimum absolute atomic E-state index is 0.130. The van der Waals surface area contributed by atoms with E-state index in [9.17, 15) is 4.79 Å². The third-order valence-corrected chi connectivity index (χ3v) is 5.00. The molecule has 0 heterocycles. The lowest BCUT2D eigenvalue weighted by Gasteiger charge is -2.16. The number of carbonyl (C=O) groups excluding carboxylic acids is 1. The van der Waals surface area contributed by atoms with Crippen LogP contribution in [0.3, 0.4) is 0 Å². The molecule has 4 heteroatoms. The van der Waals surface area contributed by atoms with Crippen molar-refractivity contribution < 1.29 is 14.3 Å². The molecule has 3 rings (SSSR count). The molecular weight excluding hydrogens is 374 g/mol. The Morgan fingerprint density at radius 1 is 0.800 bits per heavy atom. The third kappa shape index (κ3) is 5.20. The van der Waals surface area contributed by atoms with Crippen LogP contribution in [0, 0.1) is 0 Å². The number of ether oxygens (including phenoxy) is 2. The minimum Gasteiger partial charge on any atom is -0.493 e. The van der Waals surface area contributed by atoms with Crippen LogP contribution in [0.5, 0.6) is 11.5 Å². The summed E-state index contributed by atoms with van der Waals surface area (Å²) in [5.74, 6) is 1.38. The van der Waals surface area contributed by atoms with Crippen LogP contribution in [-0.4, -0.2) is 12.5 Å². The van der Waals surface area contributed by atoms with E-state index in [4.69, 9.17) is 9.47 Å². The number of nitrogens with one attached hydrogen (secondary N) is 1. The van der Waals surface area contributed by atoms with Gasteiger partial charge in [-0.3, -0.25) is 4.79 Å². The first-order chi connectivity index (χ1) is 14.7. The number of rotatable bonds is 9. The Morgan fingerprint density at radius 3 is 2.13 bits per heavy atom. The number of hydrogen-bond donors (Lipinski definition) is 1. The van der Waals surface area contributed by atoms with E-state index in [-0.39, 0.29) is 5.91 Å². The molecule has 0 radical (unpaired) electrons. The third-order valence-electron chi connectivity index (χ3n) is 5.00. The summed E-state index contributed by atoms with van der Waals surface area (Å²) in [5.41, 5.74) is 4.62. The maximum atomic E-state index is 13.1. The van der Waals surface area contributed by atoms with E-state index >= 15 is 0 Å². The molecule has 3 aromatic carbocycles. The van der Waals surface area contributed by atoms with Gasteiger partial charge in [-0.1, -0.05) is 50.2 Å². The number of anilines is 1. The highest BCUT2D eigenvalue weighted by molar-refractivity contribution is 6.05. The fourth-order valence-corrected chi connectivity index (χ4v) is 3.40. The van der Waals surface area contributed by atoms with E-state index in [0.717, 1.165) is 46.7 Å². The van der Waals surface area contributed by atoms with Gasteiger partial charge in [0.15, 0.2) is 0 Å². The van der Waals surface area contributed by atoms with Crippen molar-refractivity contribution in [3.05, 3.63) is 89.0 Å². The highest BCUT2D eigenvalue weighted by atomic mass is 16.5. The van der Waals surface area contributed by atoms with E-state index in [0.29, 0.717) is 18.8 Å². The fraction of sp³-hybridized carbons (Fsp3) is 0.269. The number of para-hydroxylation sites is 2. The first kappa shape index (κ1) is 21.4. The fourth-order valence-electron chi connectivity index (χ4n) is 3.40. The van der Waals surface area contributed by atoms with Crippen molar-refractivity contribution in [1.29, 1.82) is 0 Å². The number of aryl methyl sites for hydroxylation is 2. The maximum Gasteiger partial charge on any atom is 0.255 e. The monoisotopic (exact) mass is 403 g/mol. The first-order valence-electron chi connectivity index (χ1n) is 10.5. The standard InChI is InChI=1S/C26H29NO3/c1-4-19-11-10-12-20(5-2)25(19)27-26(28)21-15-16-24(29-6-3)22(17-21)18-30-23-13-8-7-9-14-23/h7-17H,4-6,18H2,1-3H3,(H,27,28). The van der Waals surface area contributed by atoms with Gasteiger partial charge in [0.2, 0.25) is 0 Å². The zero-order chi connectivity index (χ0) is 21.3. The highest BCUT2D eigenvalue weighted by Crippen LogP contribution is 2.26. The second kappa shape index (κ2) is 10.5. The van der Waals surface area contributed by atoms with Crippen molar-refractivity contribution in [1.82, 2.24) is 0 Å². The summed E-state index contributed by atoms with van der Waals surface area (Å²) in [5, 5.41) is 3.13. The number of hydrogen-bond acceptors (Lipinski definition) is 3. The highest BCUT2D eigenvalue weighted by Gasteiger charge is 2.14. The van der Waals surface area contributed by atoms with Gasteiger partial charge in [-0.15, -0.1) is 0 Å². The van der Waals surface area contributed by atoms with Crippen LogP contribution in [0.25, 0.3) is 0 Å². The molecule has 0 fully saturated rings. The summed E-state index contributed by atoms with van der Waals surface area (Å²) in [4.78, 5) is 13.1. The lowest BCUT2D eigenvalue weighted by molar-refractivity contribution is 0.102. The molecule has 0 atom stereocenters. The van der Waals surface area contributed by atoms with E-state index < -0.39 is 0 Å². The summed E-state index contributed by atoms with van der Waals surface area (Å²) >= 11 is 0. The quantitative estimate of drug-likeness (QED) is 0.474. The van der Waals surface area contributed by atoms with E-state index in [1.165, 1.54) is 0 Å². The van der Waals surface area contributed by atoms with Crippen LogP contribution in [0.15, 0.2) is 66.7 Å². The molecule has 0 saturated heterocycles. The molecule has 4 nitrogen and oxygen atoms in total. The normalized spacial score (nSPS) is 10.5. The SMILES string of the molecule is CCOc1ccc(C(=O)Nc2c(CC)cccc2CC)cc1COc1ccccc1. The zero-order valence-electron chi connectivity index (χ0n) is 17.9. The van der Waals surface area contributed by atoms with Crippen molar-refractivity contribution in [3.8, 4) is 11.5 Å². The number of amides is 1. The first-order valence-corrected chi connectivity index (χ1v) is 10.5. The molecule has 156 valence electrons. The second-order valence-corrected chi connectivity index (χ2v) is 6.97. The van der Waals surface area contributed by atoms with Crippen molar-refractivity contribution in [2.45, 2.75) is 40.2 Å². The summed E-state index contributed by atoms with van der Waals surface area (Å²) in [6.45, 7) is 7.01. The van der Waals surface area contributed by atoms with Crippen LogP contribution in [0.2, 0.25) is 0 Å². The lowest BCUT2D eigenvalue weighted by Crippen LogP contribution is -2.15. The van der Waals surface area contributed by atoms with Gasteiger partial charge in [-0.25, -0.2) is 0 Å². The maximum absolute atomic E-state index is 13.1. The van der Waals surface area contributed by atoms with Crippen LogP contribution in [0.4, 0.5) is 5.69 Å². The average Bonchev–Trinajstić information content (AvgIpc) is 2.79. The Morgan fingerprint density at radius 2 is 1.50 bits per heavy atom. The smallest absolute Gasteiger partial charge is 0.255 e. The molecule has 0 spiro atoms. The zero-order valence-corrected chi connectivity index (χ0v) is 17.9. The Hall–Kier alpha value is -3.27. The largest absolute Gasteiger partial charge is 0.493 e. The number of carbonyl (C=O) groups is 1. The van der Waals surface area contributed by atoms with Crippen LogP contribution >= 0.6 is 0 Å². The molecule has 3 aromatic rings. The van der Waals surface area contributed by atoms with Crippen molar-refractivity contribution in [3.63, 3.8) is 0 Å². The van der Waals surface area contributed by atoms with E-state index in [1.54, 1.807) is 6.07 Å². The van der Waals surface area contributed by atoms with Gasteiger partial charge >= 0.3 is 0 Å². The molecule has 0 aliphatic heterocycles. The van der Waals surface area contributed by atoms with Crippen molar-refractivity contribution in [2.24, 2.45) is 0 Å². The molecule has 0 bridgehead atoms. The molecule has 1 N–H and O–H groups in total. The Bertz CT molecular complexity index is 961. The van der Waals surface area contributed by atoms with Gasteiger partial charge in [-0.05, 0) is 61.2 Å². The van der Waals surface area contributed by atoms with Gasteiger partial charge in [0, 0.05) is 16.8 Å². The molecule has 30 heavy (non-hydrogen) atoms. The van der Waals surface area contributed by atoms with Crippen LogP contribution in [0.1, 0.15) is 47.8 Å². The minimum atomic E-state index is -0.130. The molecular formula is C26H29NO3. The van der Waals surface area contributed by atoms with E-state index in [2.05, 4.69) is 31.3 Å². The lowest BCUT2D eigenvalue weighted by atomic mass is 10.0. The van der Waals surface area contributed by atoms with Gasteiger partial charge in [0.1, 0.15) is 18.1 Å². The van der Waals surface area contributed by atoms with Gasteiger partial charge in [-0.2, -0.15) is 0 Å². The summed E-state index contributed by atoms with van der Waals surface area (Å²) in [7, 11) is 0. The summed E-state index contributed by atoms with van der Waals surface area (Å²) in [6, 6.07) is 21.3. The number of benzene rings is 3. The second-order valence-electron chi connectivity index (χ2n) is 6.97. The van der Waals surface area contributed by atoms with Gasteiger partial charge in [0.05, 0.1) is 6.61 Å². The van der Waals surface area contributed by atoms with Crippen LogP contribution in [-0.2, 0) is 19.4 Å². The molecule has 0 aliphatic rings. The van der Waals surface area contributed by atoms with Crippen LogP contribution < -0.4 is 14.8 Å². The summed E-state index contributed by atoms with van der Waals surface area (Å²) < 4.78 is 11.6. The van der Waals surface area contributed by atoms with Gasteiger partial charge in [0.25, 0.3) is 5.91 Å². The van der Waals surface area contributed by atoms with Crippen molar-refractivity contribution in [2.75, 3.05) is 11.9 Å². The van der Waals surface area contributed by atoms with E-state index in [1.807, 2.05) is 55.5 Å². The summed E-state index contributed by atoms with van der Waals surface area (Å²) in [6.07, 6.45) is 1.73. The van der Waals surface area contributed by atoms with Crippen molar-refractivity contribution >= 4 is 11.6 Å². The average molecular weight is 404 g/mol. The molecule has 0 unspecified atom stereocenters. The molecule has 0 saturated carbocycles. The predicted octanol–water partition coefficient (Wildman–Crippen LogP) is 6.04. The Labute approximate surface area is 178 Å². The topological polar surface area (TPSA) is 47.6 Å². The Kier molecular flexibility index (Phi) is 7.50. The van der Waals surface area contributed by atoms with Gasteiger partial charge < -0.3 is 14.8 Å². The molecule has 0 aromatic heterocycles.